The van der Waals surface area contributed by atoms with Crippen LogP contribution in [0.15, 0.2) is 146 Å². The molecule has 8 aromatic carbocycles. The van der Waals surface area contributed by atoms with Crippen LogP contribution in [-0.4, -0.2) is 12.4 Å². The van der Waals surface area contributed by atoms with Gasteiger partial charge in [0, 0.05) is 76.4 Å². The van der Waals surface area contributed by atoms with Crippen molar-refractivity contribution in [3.05, 3.63) is 185 Å². The van der Waals surface area contributed by atoms with Crippen LogP contribution < -0.4 is 25.5 Å². The normalized spacial score (nSPS) is 21.5. The van der Waals surface area contributed by atoms with Crippen LogP contribution in [0.2, 0.25) is 0 Å². The van der Waals surface area contributed by atoms with Gasteiger partial charge in [0.25, 0.3) is 0 Å². The molecule has 3 aliphatic heterocycles. The molecule has 0 radical (unpaired) electrons. The number of aryl methyl sites for hydroxylation is 2. The second kappa shape index (κ2) is 19.5. The van der Waals surface area contributed by atoms with Crippen LogP contribution in [0.5, 0.6) is 0 Å². The van der Waals surface area contributed by atoms with Gasteiger partial charge < -0.3 is 14.6 Å². The number of benzene rings is 8. The summed E-state index contributed by atoms with van der Waals surface area (Å²) in [4.78, 5) is 8.56. The van der Waals surface area contributed by atoms with Crippen LogP contribution in [-0.2, 0) is 39.9 Å². The number of rotatable bonds is 11. The number of unbranched alkanes of at least 4 members (excludes halogenated alkanes) is 2. The molecule has 6 aliphatic rings. The fraction of sp³-hybridized carbons (Fsp3) is 0.400. The van der Waals surface area contributed by atoms with Crippen molar-refractivity contribution in [1.29, 1.82) is 0 Å². The Balaban J connectivity index is 1.10. The fourth-order valence-corrected chi connectivity index (χ4v) is 18.7. The number of hydrogen-bond donors (Lipinski definition) is 0. The molecule has 1 aromatic heterocycles. The molecule has 2 unspecified atom stereocenters. The highest BCUT2D eigenvalue weighted by Gasteiger charge is 2.63. The topological polar surface area (TPSA) is 9.72 Å². The number of anilines is 7. The Morgan fingerprint density at radius 3 is 1.74 bits per heavy atom. The Morgan fingerprint density at radius 1 is 0.459 bits per heavy atom. The lowest BCUT2D eigenvalue weighted by molar-refractivity contribution is 0.199. The third kappa shape index (κ3) is 8.23. The van der Waals surface area contributed by atoms with Crippen molar-refractivity contribution in [3.63, 3.8) is 0 Å². The molecule has 0 spiro atoms. The van der Waals surface area contributed by atoms with Gasteiger partial charge in [0.2, 0.25) is 0 Å². The zero-order valence-electron chi connectivity index (χ0n) is 53.1. The molecular weight excluding hydrogens is 1050 g/mol. The highest BCUT2D eigenvalue weighted by atomic mass is 32.1. The van der Waals surface area contributed by atoms with Gasteiger partial charge in [0.15, 0.2) is 0 Å². The quantitative estimate of drug-likeness (QED) is 0.120. The van der Waals surface area contributed by atoms with Gasteiger partial charge in [0.05, 0.1) is 5.69 Å². The highest BCUT2D eigenvalue weighted by molar-refractivity contribution is 7.26. The third-order valence-electron chi connectivity index (χ3n) is 23.1. The molecule has 0 bridgehead atoms. The molecule has 85 heavy (non-hydrogen) atoms. The maximum absolute atomic E-state index is 3.06. The first-order valence-corrected chi connectivity index (χ1v) is 33.8. The van der Waals surface area contributed by atoms with E-state index in [4.69, 9.17) is 0 Å². The minimum atomic E-state index is -0.103. The maximum Gasteiger partial charge on any atom is 0.328 e. The first-order chi connectivity index (χ1) is 40.7. The first kappa shape index (κ1) is 55.1. The van der Waals surface area contributed by atoms with Crippen molar-refractivity contribution in [2.45, 2.75) is 206 Å². The molecule has 9 aromatic rings. The average Bonchev–Trinajstić information content (AvgIpc) is 1.59. The van der Waals surface area contributed by atoms with Gasteiger partial charge in [-0.3, -0.25) is 0 Å². The van der Waals surface area contributed by atoms with Crippen LogP contribution in [0.25, 0.3) is 42.4 Å². The van der Waals surface area contributed by atoms with Gasteiger partial charge in [0.1, 0.15) is 0 Å². The molecule has 0 saturated heterocycles. The third-order valence-corrected chi connectivity index (χ3v) is 24.2. The Bertz CT molecular complexity index is 4120. The van der Waals surface area contributed by atoms with E-state index >= 15 is 0 Å². The van der Waals surface area contributed by atoms with E-state index in [-0.39, 0.29) is 39.5 Å². The molecule has 3 nitrogen and oxygen atoms in total. The molecule has 0 N–H and O–H groups in total. The average molecular weight is 1130 g/mol. The second-order valence-corrected chi connectivity index (χ2v) is 31.2. The molecule has 1 saturated carbocycles. The van der Waals surface area contributed by atoms with Gasteiger partial charge in [-0.1, -0.05) is 175 Å². The van der Waals surface area contributed by atoms with E-state index in [1.165, 1.54) is 204 Å². The summed E-state index contributed by atoms with van der Waals surface area (Å²) in [5.74, 6) is 0. The van der Waals surface area contributed by atoms with Crippen molar-refractivity contribution in [2.24, 2.45) is 0 Å². The van der Waals surface area contributed by atoms with E-state index in [2.05, 4.69) is 243 Å². The largest absolute Gasteiger partial charge is 0.400 e. The maximum atomic E-state index is 3.06. The lowest BCUT2D eigenvalue weighted by atomic mass is 9.42. The Hall–Kier alpha value is -6.56. The van der Waals surface area contributed by atoms with Gasteiger partial charge >= 0.3 is 6.85 Å². The SMILES string of the molecule is CCCCc1ccc(N2c3cc4c(cc3B3c5c(cc(N(c6ccc7c(c6)C(C)(C)CCC7(C)C)c6ccc7c(c6)C(C)(C)CCC7(C)C)cc52)-c2cc(CCCC)cc5c2N3C2(C)CCCCC52C)sc2ccccc24)c(-c2ccccc2)c1. The van der Waals surface area contributed by atoms with Crippen LogP contribution in [0.1, 0.15) is 199 Å². The van der Waals surface area contributed by atoms with E-state index in [0.717, 1.165) is 12.8 Å². The van der Waals surface area contributed by atoms with E-state index in [1.807, 2.05) is 11.3 Å². The summed E-state index contributed by atoms with van der Waals surface area (Å²) in [5.41, 5.74) is 27.9. The van der Waals surface area contributed by atoms with E-state index in [0.29, 0.717) is 0 Å². The summed E-state index contributed by atoms with van der Waals surface area (Å²) in [6, 6.07) is 59.4. The van der Waals surface area contributed by atoms with Gasteiger partial charge in [-0.05, 0) is 227 Å². The predicted octanol–water partition coefficient (Wildman–Crippen LogP) is 21.6. The first-order valence-electron chi connectivity index (χ1n) is 32.9. The molecule has 15 rings (SSSR count). The predicted molar refractivity (Wildman–Crippen MR) is 369 cm³/mol. The van der Waals surface area contributed by atoms with Crippen LogP contribution in [0, 0.1) is 0 Å². The minimum absolute atomic E-state index is 0.00594. The van der Waals surface area contributed by atoms with Crippen molar-refractivity contribution in [1.82, 2.24) is 0 Å². The molecule has 5 heteroatoms. The standard InChI is InChI=1S/C80H88BN3S/c1-13-15-24-51-30-35-68(58(42-51)53-26-18-17-19-27-53)83-69-49-59-57-28-20-21-29-71(57)85-72(59)50-67(69)81-73-60(61-43-52(25-16-14-2)44-66-74(61)84(81)80(12)37-23-22-36-79(66,80)11)45-56(48-70(73)83)82(54-31-33-62-64(46-54)77(7,8)40-38-75(62,3)4)55-32-34-63-65(47-55)78(9,10)41-39-76(63,5)6/h17-21,26-35,42-50H,13-16,22-25,36-41H2,1-12H3. The van der Waals surface area contributed by atoms with Crippen molar-refractivity contribution >= 4 is 89.1 Å². The van der Waals surface area contributed by atoms with Gasteiger partial charge in [-0.15, -0.1) is 11.3 Å². The van der Waals surface area contributed by atoms with Crippen molar-refractivity contribution in [3.8, 4) is 22.3 Å². The van der Waals surface area contributed by atoms with Crippen molar-refractivity contribution in [2.75, 3.05) is 14.6 Å². The Morgan fingerprint density at radius 2 is 1.07 bits per heavy atom. The monoisotopic (exact) mass is 1130 g/mol. The zero-order chi connectivity index (χ0) is 58.7. The lowest BCUT2D eigenvalue weighted by Gasteiger charge is -2.55. The lowest BCUT2D eigenvalue weighted by Crippen LogP contribution is -2.70. The number of fused-ring (bicyclic) bond motifs is 12. The Kier molecular flexibility index (Phi) is 12.6. The molecule has 4 heterocycles. The smallest absolute Gasteiger partial charge is 0.328 e. The summed E-state index contributed by atoms with van der Waals surface area (Å²) in [7, 11) is 0. The molecule has 0 amide bonds. The summed E-state index contributed by atoms with van der Waals surface area (Å²) in [6.45, 7) is 29.9. The van der Waals surface area contributed by atoms with E-state index < -0.39 is 0 Å². The van der Waals surface area contributed by atoms with Crippen LogP contribution in [0.4, 0.5) is 39.8 Å². The van der Waals surface area contributed by atoms with Crippen LogP contribution in [0.3, 0.4) is 0 Å². The molecular formula is C80H88BN3S. The molecule has 1 fully saturated rings. The summed E-state index contributed by atoms with van der Waals surface area (Å²) < 4.78 is 2.73. The molecule has 3 aliphatic carbocycles. The summed E-state index contributed by atoms with van der Waals surface area (Å²) in [6.07, 6.45) is 16.4. The van der Waals surface area contributed by atoms with Crippen LogP contribution >= 0.6 is 11.3 Å². The van der Waals surface area contributed by atoms with E-state index in [1.54, 1.807) is 5.56 Å². The van der Waals surface area contributed by atoms with Gasteiger partial charge in [-0.2, -0.15) is 0 Å². The zero-order valence-corrected chi connectivity index (χ0v) is 53.9. The highest BCUT2D eigenvalue weighted by Crippen LogP contribution is 2.64. The molecule has 2 atom stereocenters. The minimum Gasteiger partial charge on any atom is -0.400 e. The fourth-order valence-electron chi connectivity index (χ4n) is 17.6. The van der Waals surface area contributed by atoms with E-state index in [9.17, 15) is 0 Å². The summed E-state index contributed by atoms with van der Waals surface area (Å²) in [5, 5.41) is 2.69. The number of thiophene rings is 1. The number of hydrogen-bond acceptors (Lipinski definition) is 4. The van der Waals surface area contributed by atoms with Crippen molar-refractivity contribution < 1.29 is 0 Å². The summed E-state index contributed by atoms with van der Waals surface area (Å²) >= 11 is 1.97. The molecule has 432 valence electrons. The Labute approximate surface area is 513 Å². The number of nitrogens with zero attached hydrogens (tertiary/aromatic N) is 3. The van der Waals surface area contributed by atoms with Gasteiger partial charge in [-0.25, -0.2) is 0 Å². The second-order valence-electron chi connectivity index (χ2n) is 30.1.